The lowest BCUT2D eigenvalue weighted by molar-refractivity contribution is 0.315. The molecule has 0 amide bonds. The Morgan fingerprint density at radius 3 is 2.18 bits per heavy atom. The van der Waals surface area contributed by atoms with Crippen LogP contribution in [-0.4, -0.2) is 23.6 Å². The molecule has 148 valence electrons. The van der Waals surface area contributed by atoms with E-state index in [-0.39, 0.29) is 0 Å². The van der Waals surface area contributed by atoms with Gasteiger partial charge in [0.2, 0.25) is 0 Å². The highest BCUT2D eigenvalue weighted by Crippen LogP contribution is 2.29. The van der Waals surface area contributed by atoms with Gasteiger partial charge in [-0.3, -0.25) is 0 Å². The van der Waals surface area contributed by atoms with Gasteiger partial charge in [0.1, 0.15) is 0 Å². The first-order valence-corrected chi connectivity index (χ1v) is 10.5. The van der Waals surface area contributed by atoms with Crippen molar-refractivity contribution in [1.29, 1.82) is 0 Å². The summed E-state index contributed by atoms with van der Waals surface area (Å²) in [6.07, 6.45) is 6.55. The molecule has 0 aliphatic heterocycles. The van der Waals surface area contributed by atoms with Crippen molar-refractivity contribution in [2.75, 3.05) is 13.6 Å². The molecule has 0 saturated heterocycles. The molecule has 0 radical (unpaired) electrons. The van der Waals surface area contributed by atoms with Crippen LogP contribution in [0.2, 0.25) is 0 Å². The van der Waals surface area contributed by atoms with E-state index in [1.807, 2.05) is 13.0 Å². The molecule has 3 heteroatoms. The van der Waals surface area contributed by atoms with Crippen LogP contribution in [0.1, 0.15) is 50.3 Å². The predicted octanol–water partition coefficient (Wildman–Crippen LogP) is 6.72. The summed E-state index contributed by atoms with van der Waals surface area (Å²) in [5.74, 6) is 0.898. The summed E-state index contributed by atoms with van der Waals surface area (Å²) in [6.45, 7) is 6.28. The summed E-state index contributed by atoms with van der Waals surface area (Å²) in [7, 11) is 2.19. The second kappa shape index (κ2) is 10.2. The Morgan fingerprint density at radius 1 is 0.821 bits per heavy atom. The van der Waals surface area contributed by atoms with Gasteiger partial charge in [0.15, 0.2) is 5.76 Å². The first kappa shape index (κ1) is 20.3. The van der Waals surface area contributed by atoms with Gasteiger partial charge in [-0.2, -0.15) is 0 Å². The number of rotatable bonds is 10. The number of aryl methyl sites for hydroxylation is 1. The van der Waals surface area contributed by atoms with Crippen molar-refractivity contribution in [3.63, 3.8) is 0 Å². The summed E-state index contributed by atoms with van der Waals surface area (Å²) < 4.78 is 5.71. The second-order valence-corrected chi connectivity index (χ2v) is 7.67. The zero-order chi connectivity index (χ0) is 19.8. The molecule has 28 heavy (non-hydrogen) atoms. The van der Waals surface area contributed by atoms with Crippen molar-refractivity contribution in [2.45, 2.75) is 52.5 Å². The van der Waals surface area contributed by atoms with Crippen LogP contribution in [0.4, 0.5) is 0 Å². The van der Waals surface area contributed by atoms with E-state index < -0.39 is 0 Å². The van der Waals surface area contributed by atoms with Crippen LogP contribution in [0.5, 0.6) is 0 Å². The summed E-state index contributed by atoms with van der Waals surface area (Å²) in [4.78, 5) is 2.38. The van der Waals surface area contributed by atoms with E-state index in [9.17, 15) is 0 Å². The Hall–Kier alpha value is -2.39. The van der Waals surface area contributed by atoms with Gasteiger partial charge in [-0.15, -0.1) is 0 Å². The fraction of sp³-hybridized carbons (Fsp3) is 0.400. The third-order valence-corrected chi connectivity index (χ3v) is 5.31. The molecular weight excluding hydrogens is 344 g/mol. The Bertz CT molecular complexity index is 837. The molecule has 0 fully saturated rings. The number of nitrogens with zero attached hydrogens (tertiary/aromatic N) is 2. The average Bonchev–Trinajstić information content (AvgIpc) is 3.09. The summed E-state index contributed by atoms with van der Waals surface area (Å²) >= 11 is 0. The molecule has 1 aromatic heterocycles. The van der Waals surface area contributed by atoms with E-state index in [0.29, 0.717) is 0 Å². The maximum Gasteiger partial charge on any atom is 0.171 e. The van der Waals surface area contributed by atoms with Crippen LogP contribution in [-0.2, 0) is 6.54 Å². The lowest BCUT2D eigenvalue weighted by atomic mass is 10.0. The quantitative estimate of drug-likeness (QED) is 0.368. The Balaban J connectivity index is 1.67. The highest BCUT2D eigenvalue weighted by molar-refractivity contribution is 5.69. The van der Waals surface area contributed by atoms with Gasteiger partial charge in [-0.1, -0.05) is 92.4 Å². The molecule has 3 rings (SSSR count). The van der Waals surface area contributed by atoms with Gasteiger partial charge in [0, 0.05) is 17.7 Å². The maximum absolute atomic E-state index is 5.71. The van der Waals surface area contributed by atoms with E-state index >= 15 is 0 Å². The summed E-state index contributed by atoms with van der Waals surface area (Å²) in [6, 6.07) is 19.0. The molecule has 2 aromatic carbocycles. The number of aromatic nitrogens is 1. The third kappa shape index (κ3) is 5.32. The minimum atomic E-state index is 0.874. The van der Waals surface area contributed by atoms with Crippen LogP contribution in [0, 0.1) is 6.92 Å². The molecule has 1 heterocycles. The highest BCUT2D eigenvalue weighted by Gasteiger charge is 2.16. The lowest BCUT2D eigenvalue weighted by Crippen LogP contribution is -2.19. The standard InChI is InChI=1S/C25H32N2O/c1-4-5-6-7-11-18-27(3)19-24-20(2)26-28-25(24)23-16-14-22(15-17-23)21-12-9-8-10-13-21/h8-10,12-17H,4-7,11,18-19H2,1-3H3. The Morgan fingerprint density at radius 2 is 1.46 bits per heavy atom. The number of hydrogen-bond acceptors (Lipinski definition) is 3. The summed E-state index contributed by atoms with van der Waals surface area (Å²) in [5.41, 5.74) is 5.72. The van der Waals surface area contributed by atoms with Crippen molar-refractivity contribution in [3.8, 4) is 22.5 Å². The van der Waals surface area contributed by atoms with E-state index in [1.165, 1.54) is 48.8 Å². The van der Waals surface area contributed by atoms with Crippen LogP contribution in [0.15, 0.2) is 59.1 Å². The van der Waals surface area contributed by atoms with Crippen molar-refractivity contribution >= 4 is 0 Å². The molecule has 0 N–H and O–H groups in total. The molecule has 3 aromatic rings. The monoisotopic (exact) mass is 376 g/mol. The average molecular weight is 377 g/mol. The SMILES string of the molecule is CCCCCCCN(C)Cc1c(C)noc1-c1ccc(-c2ccccc2)cc1. The fourth-order valence-corrected chi connectivity index (χ4v) is 3.58. The Kier molecular flexibility index (Phi) is 7.44. The molecule has 0 aliphatic rings. The smallest absolute Gasteiger partial charge is 0.171 e. The fourth-order valence-electron chi connectivity index (χ4n) is 3.58. The molecule has 0 aliphatic carbocycles. The highest BCUT2D eigenvalue weighted by atomic mass is 16.5. The minimum Gasteiger partial charge on any atom is -0.356 e. The first-order valence-electron chi connectivity index (χ1n) is 10.5. The van der Waals surface area contributed by atoms with Gasteiger partial charge >= 0.3 is 0 Å². The number of benzene rings is 2. The molecule has 0 spiro atoms. The molecule has 0 bridgehead atoms. The van der Waals surface area contributed by atoms with E-state index in [1.54, 1.807) is 0 Å². The van der Waals surface area contributed by atoms with Crippen LogP contribution < -0.4 is 0 Å². The van der Waals surface area contributed by atoms with E-state index in [0.717, 1.165) is 30.1 Å². The van der Waals surface area contributed by atoms with Crippen LogP contribution in [0.25, 0.3) is 22.5 Å². The second-order valence-electron chi connectivity index (χ2n) is 7.67. The van der Waals surface area contributed by atoms with E-state index in [4.69, 9.17) is 4.52 Å². The number of unbranched alkanes of at least 4 members (excludes halogenated alkanes) is 4. The van der Waals surface area contributed by atoms with Gasteiger partial charge in [0.25, 0.3) is 0 Å². The molecule has 0 saturated carbocycles. The van der Waals surface area contributed by atoms with Crippen LogP contribution >= 0.6 is 0 Å². The first-order chi connectivity index (χ1) is 13.7. The molecule has 3 nitrogen and oxygen atoms in total. The Labute approximate surface area is 169 Å². The lowest BCUT2D eigenvalue weighted by Gasteiger charge is -2.16. The normalized spacial score (nSPS) is 11.3. The van der Waals surface area contributed by atoms with Gasteiger partial charge < -0.3 is 9.42 Å². The molecule has 0 atom stereocenters. The van der Waals surface area contributed by atoms with Crippen molar-refractivity contribution in [1.82, 2.24) is 10.1 Å². The summed E-state index contributed by atoms with van der Waals surface area (Å²) in [5, 5.41) is 4.25. The van der Waals surface area contributed by atoms with Crippen LogP contribution in [0.3, 0.4) is 0 Å². The minimum absolute atomic E-state index is 0.874. The van der Waals surface area contributed by atoms with E-state index in [2.05, 4.69) is 72.6 Å². The van der Waals surface area contributed by atoms with Crippen molar-refractivity contribution in [3.05, 3.63) is 65.9 Å². The predicted molar refractivity (Wildman–Crippen MR) is 117 cm³/mol. The maximum atomic E-state index is 5.71. The largest absolute Gasteiger partial charge is 0.356 e. The van der Waals surface area contributed by atoms with Gasteiger partial charge in [-0.05, 0) is 38.1 Å². The van der Waals surface area contributed by atoms with Crippen molar-refractivity contribution in [2.24, 2.45) is 0 Å². The van der Waals surface area contributed by atoms with Crippen molar-refractivity contribution < 1.29 is 4.52 Å². The third-order valence-electron chi connectivity index (χ3n) is 5.31. The van der Waals surface area contributed by atoms with Gasteiger partial charge in [-0.25, -0.2) is 0 Å². The molecule has 0 unspecified atom stereocenters. The topological polar surface area (TPSA) is 29.3 Å². The zero-order valence-corrected chi connectivity index (χ0v) is 17.4. The molecular formula is C25H32N2O. The zero-order valence-electron chi connectivity index (χ0n) is 17.4. The number of hydrogen-bond donors (Lipinski definition) is 0. The van der Waals surface area contributed by atoms with Gasteiger partial charge in [0.05, 0.1) is 5.69 Å².